The van der Waals surface area contributed by atoms with Crippen LogP contribution in [0.25, 0.3) is 0 Å². The number of unbranched alkanes of at least 4 members (excludes halogenated alkanes) is 16. The molecule has 4 nitrogen and oxygen atoms in total. The molecule has 0 aliphatic heterocycles. The summed E-state index contributed by atoms with van der Waals surface area (Å²) in [6.07, 6.45) is 22.6. The predicted molar refractivity (Wildman–Crippen MR) is 127 cm³/mol. The van der Waals surface area contributed by atoms with Crippen molar-refractivity contribution in [3.8, 4) is 0 Å². The molecule has 0 rings (SSSR count). The van der Waals surface area contributed by atoms with Gasteiger partial charge in [0.1, 0.15) is 6.10 Å². The molecule has 1 atom stereocenters. The van der Waals surface area contributed by atoms with Crippen LogP contribution in [0.15, 0.2) is 0 Å². The van der Waals surface area contributed by atoms with Gasteiger partial charge in [0.2, 0.25) is 0 Å². The van der Waals surface area contributed by atoms with E-state index in [1.807, 2.05) is 0 Å². The highest BCUT2D eigenvalue weighted by Gasteiger charge is 2.13. The van der Waals surface area contributed by atoms with E-state index in [2.05, 4.69) is 13.8 Å². The largest absolute Gasteiger partial charge is 0.457 e. The van der Waals surface area contributed by atoms with E-state index >= 15 is 0 Å². The van der Waals surface area contributed by atoms with Crippen LogP contribution in [-0.2, 0) is 14.3 Å². The number of aliphatic hydroxyl groups is 1. The topological polar surface area (TPSA) is 55.8 Å². The molecule has 30 heavy (non-hydrogen) atoms. The molecule has 0 amide bonds. The maximum Gasteiger partial charge on any atom is 0.306 e. The smallest absolute Gasteiger partial charge is 0.306 e. The number of esters is 1. The molecule has 0 aromatic heterocycles. The van der Waals surface area contributed by atoms with Crippen molar-refractivity contribution in [2.75, 3.05) is 19.8 Å². The second kappa shape index (κ2) is 24.7. The second-order valence-electron chi connectivity index (χ2n) is 8.78. The van der Waals surface area contributed by atoms with Gasteiger partial charge in [0.05, 0.1) is 13.2 Å². The summed E-state index contributed by atoms with van der Waals surface area (Å²) in [7, 11) is 0. The van der Waals surface area contributed by atoms with Crippen molar-refractivity contribution in [3.05, 3.63) is 0 Å². The van der Waals surface area contributed by atoms with Crippen LogP contribution in [0.5, 0.6) is 0 Å². The summed E-state index contributed by atoms with van der Waals surface area (Å²) in [6.45, 7) is 5.31. The molecule has 0 aliphatic rings. The average Bonchev–Trinajstić information content (AvgIpc) is 2.75. The fraction of sp³-hybridized carbons (Fsp3) is 0.962. The Hall–Kier alpha value is -0.610. The number of aliphatic hydroxyl groups excluding tert-OH is 1. The van der Waals surface area contributed by atoms with E-state index < -0.39 is 6.10 Å². The highest BCUT2D eigenvalue weighted by molar-refractivity contribution is 5.69. The molecule has 0 aliphatic carbocycles. The first-order chi connectivity index (χ1) is 14.7. The van der Waals surface area contributed by atoms with Gasteiger partial charge in [-0.2, -0.15) is 0 Å². The molecule has 0 aromatic carbocycles. The predicted octanol–water partition coefficient (Wildman–Crippen LogP) is 7.36. The lowest BCUT2D eigenvalue weighted by Crippen LogP contribution is -2.27. The quantitative estimate of drug-likeness (QED) is 0.129. The Labute approximate surface area is 187 Å². The van der Waals surface area contributed by atoms with Crippen molar-refractivity contribution in [1.29, 1.82) is 0 Å². The Morgan fingerprint density at radius 2 is 1.10 bits per heavy atom. The fourth-order valence-corrected chi connectivity index (χ4v) is 3.68. The van der Waals surface area contributed by atoms with Gasteiger partial charge in [-0.1, -0.05) is 117 Å². The SMILES string of the molecule is CCCCCCCCCCCCOCC(CO)OC(=O)CCCCCCCCCC. The van der Waals surface area contributed by atoms with Crippen molar-refractivity contribution < 1.29 is 19.4 Å². The molecule has 180 valence electrons. The number of hydrogen-bond acceptors (Lipinski definition) is 4. The molecule has 0 aromatic rings. The normalized spacial score (nSPS) is 12.2. The third-order valence-corrected chi connectivity index (χ3v) is 5.68. The van der Waals surface area contributed by atoms with E-state index in [-0.39, 0.29) is 12.6 Å². The van der Waals surface area contributed by atoms with Gasteiger partial charge in [-0.25, -0.2) is 0 Å². The molecule has 1 unspecified atom stereocenters. The third-order valence-electron chi connectivity index (χ3n) is 5.68. The Morgan fingerprint density at radius 3 is 1.57 bits per heavy atom. The number of rotatable bonds is 24. The van der Waals surface area contributed by atoms with Crippen LogP contribution in [0, 0.1) is 0 Å². The molecule has 1 N–H and O–H groups in total. The summed E-state index contributed by atoms with van der Waals surface area (Å²) < 4.78 is 11.0. The van der Waals surface area contributed by atoms with Crippen molar-refractivity contribution in [1.82, 2.24) is 0 Å². The lowest BCUT2D eigenvalue weighted by molar-refractivity contribution is -0.154. The molecule has 0 bridgehead atoms. The van der Waals surface area contributed by atoms with Crippen molar-refractivity contribution >= 4 is 5.97 Å². The van der Waals surface area contributed by atoms with Gasteiger partial charge in [-0.05, 0) is 12.8 Å². The lowest BCUT2D eigenvalue weighted by Gasteiger charge is -2.16. The number of ether oxygens (including phenoxy) is 2. The van der Waals surface area contributed by atoms with Gasteiger partial charge in [0.25, 0.3) is 0 Å². The Balaban J connectivity index is 3.44. The van der Waals surface area contributed by atoms with Crippen LogP contribution in [0.1, 0.15) is 136 Å². The Morgan fingerprint density at radius 1 is 0.667 bits per heavy atom. The zero-order valence-electron chi connectivity index (χ0n) is 20.3. The van der Waals surface area contributed by atoms with Gasteiger partial charge in [0.15, 0.2) is 0 Å². The standard InChI is InChI=1S/C26H52O4/c1-3-5-7-9-11-13-14-16-18-20-22-29-24-25(23-27)30-26(28)21-19-17-15-12-10-8-6-4-2/h25,27H,3-24H2,1-2H3. The summed E-state index contributed by atoms with van der Waals surface area (Å²) in [5.41, 5.74) is 0. The highest BCUT2D eigenvalue weighted by Crippen LogP contribution is 2.12. The van der Waals surface area contributed by atoms with Crippen LogP contribution >= 0.6 is 0 Å². The van der Waals surface area contributed by atoms with Crippen LogP contribution in [0.4, 0.5) is 0 Å². The average molecular weight is 429 g/mol. The van der Waals surface area contributed by atoms with Gasteiger partial charge >= 0.3 is 5.97 Å². The second-order valence-corrected chi connectivity index (χ2v) is 8.78. The molecule has 0 saturated carbocycles. The van der Waals surface area contributed by atoms with E-state index in [1.165, 1.54) is 96.3 Å². The molecule has 0 spiro atoms. The summed E-state index contributed by atoms with van der Waals surface area (Å²) in [4.78, 5) is 11.9. The van der Waals surface area contributed by atoms with Crippen LogP contribution in [0.2, 0.25) is 0 Å². The maximum atomic E-state index is 11.9. The molecule has 0 radical (unpaired) electrons. The zero-order valence-corrected chi connectivity index (χ0v) is 20.3. The van der Waals surface area contributed by atoms with Gasteiger partial charge in [-0.3, -0.25) is 4.79 Å². The minimum Gasteiger partial charge on any atom is -0.457 e. The zero-order chi connectivity index (χ0) is 22.1. The van der Waals surface area contributed by atoms with Crippen molar-refractivity contribution in [2.24, 2.45) is 0 Å². The number of carbonyl (C=O) groups is 1. The molecule has 0 heterocycles. The van der Waals surface area contributed by atoms with Gasteiger partial charge < -0.3 is 14.6 Å². The van der Waals surface area contributed by atoms with Crippen LogP contribution in [-0.4, -0.2) is 37.0 Å². The molecule has 0 fully saturated rings. The Bertz CT molecular complexity index is 346. The molecule has 0 saturated heterocycles. The lowest BCUT2D eigenvalue weighted by atomic mass is 10.1. The van der Waals surface area contributed by atoms with E-state index in [9.17, 15) is 9.90 Å². The summed E-state index contributed by atoms with van der Waals surface area (Å²) in [5.74, 6) is -0.206. The van der Waals surface area contributed by atoms with Gasteiger partial charge in [-0.15, -0.1) is 0 Å². The first-order valence-corrected chi connectivity index (χ1v) is 13.1. The number of carbonyl (C=O) groups excluding carboxylic acids is 1. The van der Waals surface area contributed by atoms with Crippen LogP contribution in [0.3, 0.4) is 0 Å². The summed E-state index contributed by atoms with van der Waals surface area (Å²) >= 11 is 0. The minimum atomic E-state index is -0.519. The van der Waals surface area contributed by atoms with E-state index in [0.29, 0.717) is 19.6 Å². The summed E-state index contributed by atoms with van der Waals surface area (Å²) in [5, 5.41) is 9.41. The van der Waals surface area contributed by atoms with E-state index in [4.69, 9.17) is 9.47 Å². The molecule has 4 heteroatoms. The first-order valence-electron chi connectivity index (χ1n) is 13.1. The third kappa shape index (κ3) is 22.1. The minimum absolute atomic E-state index is 0.165. The van der Waals surface area contributed by atoms with Crippen molar-refractivity contribution in [2.45, 2.75) is 142 Å². The van der Waals surface area contributed by atoms with Crippen molar-refractivity contribution in [3.63, 3.8) is 0 Å². The van der Waals surface area contributed by atoms with Gasteiger partial charge in [0, 0.05) is 13.0 Å². The summed E-state index contributed by atoms with van der Waals surface area (Å²) in [6, 6.07) is 0. The van der Waals surface area contributed by atoms with E-state index in [0.717, 1.165) is 19.3 Å². The maximum absolute atomic E-state index is 11.9. The highest BCUT2D eigenvalue weighted by atomic mass is 16.6. The van der Waals surface area contributed by atoms with E-state index in [1.54, 1.807) is 0 Å². The first kappa shape index (κ1) is 29.4. The Kier molecular flexibility index (Phi) is 24.2. The number of hydrogen-bond donors (Lipinski definition) is 1. The molecular weight excluding hydrogens is 376 g/mol. The monoisotopic (exact) mass is 428 g/mol. The van der Waals surface area contributed by atoms with Crippen LogP contribution < -0.4 is 0 Å². The fourth-order valence-electron chi connectivity index (χ4n) is 3.68. The molecular formula is C26H52O4.